The predicted molar refractivity (Wildman–Crippen MR) is 78.5 cm³/mol. The van der Waals surface area contributed by atoms with Crippen LogP contribution < -0.4 is 10.5 Å². The summed E-state index contributed by atoms with van der Waals surface area (Å²) in [5.74, 6) is 1.20. The largest absolute Gasteiger partial charge is 0.493 e. The molecular weight excluding hydrogens is 254 g/mol. The van der Waals surface area contributed by atoms with E-state index < -0.39 is 6.10 Å². The molecule has 3 atom stereocenters. The first-order chi connectivity index (χ1) is 9.69. The molecule has 0 radical (unpaired) electrons. The van der Waals surface area contributed by atoms with E-state index >= 15 is 0 Å². The quantitative estimate of drug-likeness (QED) is 0.744. The third-order valence-corrected chi connectivity index (χ3v) is 3.92. The average molecular weight is 279 g/mol. The van der Waals surface area contributed by atoms with Gasteiger partial charge in [0.25, 0.3) is 0 Å². The summed E-state index contributed by atoms with van der Waals surface area (Å²) in [6, 6.07) is 7.55. The highest BCUT2D eigenvalue weighted by atomic mass is 16.5. The van der Waals surface area contributed by atoms with Gasteiger partial charge in [0.15, 0.2) is 0 Å². The Bertz CT molecular complexity index is 410. The molecule has 0 spiro atoms. The molecule has 0 aliphatic heterocycles. The van der Waals surface area contributed by atoms with Crippen molar-refractivity contribution >= 4 is 0 Å². The van der Waals surface area contributed by atoms with Crippen molar-refractivity contribution in [2.24, 2.45) is 11.7 Å². The van der Waals surface area contributed by atoms with Gasteiger partial charge in [-0.2, -0.15) is 0 Å². The molecule has 20 heavy (non-hydrogen) atoms. The number of benzene rings is 1. The first kappa shape index (κ1) is 15.3. The molecule has 2 rings (SSSR count). The lowest BCUT2D eigenvalue weighted by Crippen LogP contribution is -2.24. The van der Waals surface area contributed by atoms with Crippen molar-refractivity contribution in [1.29, 1.82) is 0 Å². The summed E-state index contributed by atoms with van der Waals surface area (Å²) in [6.45, 7) is 1.10. The maximum absolute atomic E-state index is 9.93. The molecule has 1 aliphatic rings. The van der Waals surface area contributed by atoms with Gasteiger partial charge in [-0.15, -0.1) is 0 Å². The van der Waals surface area contributed by atoms with E-state index in [0.717, 1.165) is 37.0 Å². The topological polar surface area (TPSA) is 75.7 Å². The Hall–Kier alpha value is -1.10. The minimum Gasteiger partial charge on any atom is -0.493 e. The lowest BCUT2D eigenvalue weighted by atomic mass is 9.88. The molecule has 0 saturated heterocycles. The minimum absolute atomic E-state index is 0.171. The summed E-state index contributed by atoms with van der Waals surface area (Å²) < 4.78 is 5.81. The van der Waals surface area contributed by atoms with E-state index in [1.54, 1.807) is 0 Å². The first-order valence-corrected chi connectivity index (χ1v) is 7.48. The molecule has 0 aromatic heterocycles. The Morgan fingerprint density at radius 3 is 2.95 bits per heavy atom. The standard InChI is InChI=1S/C16H25NO3/c17-8-7-16(19)13-4-2-6-15(10-13)20-11-12-3-1-5-14(18)9-12/h2,4,6,10,12,14,16,18-19H,1,3,5,7-9,11,17H2/t12-,14+,16-/m1/s1. The zero-order valence-corrected chi connectivity index (χ0v) is 11.9. The molecule has 112 valence electrons. The molecule has 0 heterocycles. The van der Waals surface area contributed by atoms with Gasteiger partial charge in [-0.25, -0.2) is 0 Å². The number of hydrogen-bond donors (Lipinski definition) is 3. The highest BCUT2D eigenvalue weighted by Crippen LogP contribution is 2.26. The maximum Gasteiger partial charge on any atom is 0.119 e. The highest BCUT2D eigenvalue weighted by Gasteiger charge is 2.20. The van der Waals surface area contributed by atoms with Crippen molar-refractivity contribution < 1.29 is 14.9 Å². The Labute approximate surface area is 120 Å². The van der Waals surface area contributed by atoms with Gasteiger partial charge in [-0.3, -0.25) is 0 Å². The van der Waals surface area contributed by atoms with Crippen LogP contribution >= 0.6 is 0 Å². The van der Waals surface area contributed by atoms with Crippen molar-refractivity contribution in [3.63, 3.8) is 0 Å². The van der Waals surface area contributed by atoms with Gasteiger partial charge in [0.1, 0.15) is 5.75 Å². The number of aliphatic hydroxyl groups is 2. The fourth-order valence-corrected chi connectivity index (χ4v) is 2.76. The van der Waals surface area contributed by atoms with Gasteiger partial charge in [0, 0.05) is 0 Å². The summed E-state index contributed by atoms with van der Waals surface area (Å²) >= 11 is 0. The Morgan fingerprint density at radius 2 is 2.20 bits per heavy atom. The number of nitrogens with two attached hydrogens (primary N) is 1. The number of hydrogen-bond acceptors (Lipinski definition) is 4. The summed E-state index contributed by atoms with van der Waals surface area (Å²) in [4.78, 5) is 0. The van der Waals surface area contributed by atoms with Gasteiger partial charge in [0.2, 0.25) is 0 Å². The molecule has 4 N–H and O–H groups in total. The molecule has 1 saturated carbocycles. The Morgan fingerprint density at radius 1 is 1.35 bits per heavy atom. The van der Waals surface area contributed by atoms with Crippen LogP contribution in [0, 0.1) is 5.92 Å². The zero-order chi connectivity index (χ0) is 14.4. The minimum atomic E-state index is -0.528. The smallest absolute Gasteiger partial charge is 0.119 e. The van der Waals surface area contributed by atoms with Crippen molar-refractivity contribution in [1.82, 2.24) is 0 Å². The number of aliphatic hydroxyl groups excluding tert-OH is 2. The van der Waals surface area contributed by atoms with Crippen LogP contribution in [0.5, 0.6) is 5.75 Å². The van der Waals surface area contributed by atoms with Crippen LogP contribution in [-0.2, 0) is 0 Å². The van der Waals surface area contributed by atoms with Crippen LogP contribution in [0.1, 0.15) is 43.8 Å². The van der Waals surface area contributed by atoms with E-state index in [0.29, 0.717) is 25.5 Å². The van der Waals surface area contributed by atoms with Crippen LogP contribution in [0.15, 0.2) is 24.3 Å². The van der Waals surface area contributed by atoms with Crippen LogP contribution in [0.25, 0.3) is 0 Å². The van der Waals surface area contributed by atoms with Gasteiger partial charge >= 0.3 is 0 Å². The van der Waals surface area contributed by atoms with E-state index in [1.807, 2.05) is 24.3 Å². The molecule has 4 nitrogen and oxygen atoms in total. The average Bonchev–Trinajstić information content (AvgIpc) is 2.46. The lowest BCUT2D eigenvalue weighted by Gasteiger charge is -2.25. The number of ether oxygens (including phenoxy) is 1. The van der Waals surface area contributed by atoms with Crippen LogP contribution in [0.2, 0.25) is 0 Å². The van der Waals surface area contributed by atoms with Gasteiger partial charge in [-0.05, 0) is 55.8 Å². The zero-order valence-electron chi connectivity index (χ0n) is 11.9. The van der Waals surface area contributed by atoms with Crippen molar-refractivity contribution in [3.05, 3.63) is 29.8 Å². The Kier molecular flexibility index (Phi) is 5.83. The van der Waals surface area contributed by atoms with E-state index in [2.05, 4.69) is 0 Å². The second kappa shape index (κ2) is 7.62. The van der Waals surface area contributed by atoms with Gasteiger partial charge < -0.3 is 20.7 Å². The van der Waals surface area contributed by atoms with Gasteiger partial charge in [-0.1, -0.05) is 18.6 Å². The monoisotopic (exact) mass is 279 g/mol. The van der Waals surface area contributed by atoms with Crippen LogP contribution in [0.4, 0.5) is 0 Å². The van der Waals surface area contributed by atoms with Crippen LogP contribution in [0.3, 0.4) is 0 Å². The highest BCUT2D eigenvalue weighted by molar-refractivity contribution is 5.29. The van der Waals surface area contributed by atoms with E-state index in [9.17, 15) is 10.2 Å². The summed E-state index contributed by atoms with van der Waals surface area (Å²) in [6.07, 6.45) is 3.79. The normalized spacial score (nSPS) is 24.4. The third kappa shape index (κ3) is 4.47. The molecule has 0 amide bonds. The number of rotatable bonds is 6. The van der Waals surface area contributed by atoms with Crippen molar-refractivity contribution in [3.8, 4) is 5.75 Å². The molecule has 0 unspecified atom stereocenters. The molecule has 1 aliphatic carbocycles. The van der Waals surface area contributed by atoms with E-state index in [4.69, 9.17) is 10.5 Å². The Balaban J connectivity index is 1.87. The van der Waals surface area contributed by atoms with Gasteiger partial charge in [0.05, 0.1) is 18.8 Å². The third-order valence-electron chi connectivity index (χ3n) is 3.92. The van der Waals surface area contributed by atoms with E-state index in [-0.39, 0.29) is 6.10 Å². The molecular formula is C16H25NO3. The molecule has 1 fully saturated rings. The summed E-state index contributed by atoms with van der Waals surface area (Å²) in [5, 5.41) is 19.6. The second-order valence-corrected chi connectivity index (χ2v) is 5.66. The molecule has 1 aromatic carbocycles. The summed E-state index contributed by atoms with van der Waals surface area (Å²) in [5.41, 5.74) is 6.30. The second-order valence-electron chi connectivity index (χ2n) is 5.66. The van der Waals surface area contributed by atoms with Crippen LogP contribution in [-0.4, -0.2) is 29.5 Å². The predicted octanol–water partition coefficient (Wildman–Crippen LogP) is 2.00. The van der Waals surface area contributed by atoms with Crippen molar-refractivity contribution in [2.75, 3.05) is 13.2 Å². The SMILES string of the molecule is NCC[C@@H](O)c1cccc(OC[C@@H]2CCC[C@H](O)C2)c1. The maximum atomic E-state index is 9.93. The van der Waals surface area contributed by atoms with E-state index in [1.165, 1.54) is 0 Å². The lowest BCUT2D eigenvalue weighted by molar-refractivity contribution is 0.0809. The fourth-order valence-electron chi connectivity index (χ4n) is 2.76. The first-order valence-electron chi connectivity index (χ1n) is 7.48. The molecule has 4 heteroatoms. The van der Waals surface area contributed by atoms with Crippen molar-refractivity contribution in [2.45, 2.75) is 44.3 Å². The molecule has 0 bridgehead atoms. The fraction of sp³-hybridized carbons (Fsp3) is 0.625. The molecule has 1 aromatic rings. The summed E-state index contributed by atoms with van der Waals surface area (Å²) in [7, 11) is 0.